The van der Waals surface area contributed by atoms with Gasteiger partial charge < -0.3 is 4.90 Å². The van der Waals surface area contributed by atoms with E-state index in [1.165, 1.54) is 0 Å². The number of nitrogens with zero attached hydrogens (tertiary/aromatic N) is 1. The maximum atomic E-state index is 11.3. The molecule has 1 aliphatic carbocycles. The highest BCUT2D eigenvalue weighted by Crippen LogP contribution is 2.25. The van der Waals surface area contributed by atoms with Gasteiger partial charge in [0.15, 0.2) is 0 Å². The molecule has 0 amide bonds. The van der Waals surface area contributed by atoms with Gasteiger partial charge >= 0.3 is 0 Å². The Labute approximate surface area is 98.8 Å². The predicted octanol–water partition coefficient (Wildman–Crippen LogP) is 1.17. The molecule has 1 N–H and O–H groups in total. The van der Waals surface area contributed by atoms with Crippen LogP contribution in [0.1, 0.15) is 25.7 Å². The molecule has 0 aromatic rings. The fourth-order valence-corrected chi connectivity index (χ4v) is 3.06. The summed E-state index contributed by atoms with van der Waals surface area (Å²) in [7, 11) is 0.896. The minimum atomic E-state index is -3.26. The minimum Gasteiger partial charge on any atom is -0.309 e. The molecule has 0 aromatic heterocycles. The molecule has 0 unspecified atom stereocenters. The van der Waals surface area contributed by atoms with Crippen LogP contribution in [-0.4, -0.2) is 40.0 Å². The van der Waals surface area contributed by atoms with Gasteiger partial charge in [-0.2, -0.15) is 0 Å². The van der Waals surface area contributed by atoms with E-state index in [0.717, 1.165) is 37.6 Å². The van der Waals surface area contributed by atoms with Crippen LogP contribution in [-0.2, 0) is 10.0 Å². The summed E-state index contributed by atoms with van der Waals surface area (Å²) in [6, 6.07) is 0.0985. The quantitative estimate of drug-likeness (QED) is 0.792. The third kappa shape index (κ3) is 4.63. The topological polar surface area (TPSA) is 49.4 Å². The highest BCUT2D eigenvalue weighted by atomic mass is 32.2. The minimum absolute atomic E-state index is 0.0985. The number of hydrogen-bond acceptors (Lipinski definition) is 3. The lowest BCUT2D eigenvalue weighted by atomic mass is 9.86. The standard InChI is InChI=1S/C11H22N2O2S/c1-4-16(14,15)12-11-7-5-10(6-8-11)9-13(2)3/h4,10-12H,1,5-9H2,2-3H3. The monoisotopic (exact) mass is 246 g/mol. The molecule has 1 saturated carbocycles. The Bertz CT molecular complexity index is 317. The summed E-state index contributed by atoms with van der Waals surface area (Å²) < 4.78 is 25.2. The number of hydrogen-bond donors (Lipinski definition) is 1. The average molecular weight is 246 g/mol. The van der Waals surface area contributed by atoms with Crippen LogP contribution >= 0.6 is 0 Å². The van der Waals surface area contributed by atoms with Crippen molar-refractivity contribution in [3.63, 3.8) is 0 Å². The zero-order chi connectivity index (χ0) is 12.2. The first-order valence-electron chi connectivity index (χ1n) is 5.72. The normalized spacial score (nSPS) is 26.9. The summed E-state index contributed by atoms with van der Waals surface area (Å²) in [5.41, 5.74) is 0. The molecular weight excluding hydrogens is 224 g/mol. The van der Waals surface area contributed by atoms with Crippen molar-refractivity contribution in [3.8, 4) is 0 Å². The van der Waals surface area contributed by atoms with E-state index in [2.05, 4.69) is 30.3 Å². The van der Waals surface area contributed by atoms with Gasteiger partial charge in [0.2, 0.25) is 10.0 Å². The SMILES string of the molecule is C=CS(=O)(=O)NC1CCC(CN(C)C)CC1. The van der Waals surface area contributed by atoms with Crippen molar-refractivity contribution < 1.29 is 8.42 Å². The van der Waals surface area contributed by atoms with E-state index >= 15 is 0 Å². The largest absolute Gasteiger partial charge is 0.309 e. The number of sulfonamides is 1. The Balaban J connectivity index is 2.35. The van der Waals surface area contributed by atoms with Crippen molar-refractivity contribution in [2.24, 2.45) is 5.92 Å². The van der Waals surface area contributed by atoms with E-state index in [1.54, 1.807) is 0 Å². The molecule has 5 heteroatoms. The summed E-state index contributed by atoms with van der Waals surface area (Å²) in [6.45, 7) is 4.39. The van der Waals surface area contributed by atoms with E-state index in [1.807, 2.05) is 0 Å². The lowest BCUT2D eigenvalue weighted by Gasteiger charge is -2.30. The summed E-state index contributed by atoms with van der Waals surface area (Å²) in [5, 5.41) is 0.985. The van der Waals surface area contributed by atoms with E-state index < -0.39 is 10.0 Å². The summed E-state index contributed by atoms with van der Waals surface area (Å²) in [4.78, 5) is 2.19. The van der Waals surface area contributed by atoms with E-state index in [9.17, 15) is 8.42 Å². The van der Waals surface area contributed by atoms with Gasteiger partial charge in [-0.05, 0) is 45.7 Å². The summed E-state index contributed by atoms with van der Waals surface area (Å²) >= 11 is 0. The van der Waals surface area contributed by atoms with Gasteiger partial charge in [0.25, 0.3) is 0 Å². The molecule has 1 fully saturated rings. The van der Waals surface area contributed by atoms with Crippen molar-refractivity contribution in [2.45, 2.75) is 31.7 Å². The smallest absolute Gasteiger partial charge is 0.233 e. The zero-order valence-electron chi connectivity index (χ0n) is 10.1. The van der Waals surface area contributed by atoms with Gasteiger partial charge in [-0.3, -0.25) is 0 Å². The first-order chi connectivity index (χ1) is 7.43. The Hall–Kier alpha value is -0.390. The van der Waals surface area contributed by atoms with Gasteiger partial charge in [-0.1, -0.05) is 6.58 Å². The van der Waals surface area contributed by atoms with Crippen LogP contribution in [0.2, 0.25) is 0 Å². The van der Waals surface area contributed by atoms with Crippen LogP contribution in [0.5, 0.6) is 0 Å². The van der Waals surface area contributed by atoms with Crippen LogP contribution in [0.15, 0.2) is 12.0 Å². The molecule has 0 heterocycles. The van der Waals surface area contributed by atoms with Crippen LogP contribution in [0, 0.1) is 5.92 Å². The molecule has 94 valence electrons. The molecule has 0 bridgehead atoms. The van der Waals surface area contributed by atoms with Crippen molar-refractivity contribution in [2.75, 3.05) is 20.6 Å². The lowest BCUT2D eigenvalue weighted by Crippen LogP contribution is -2.38. The van der Waals surface area contributed by atoms with Crippen LogP contribution in [0.25, 0.3) is 0 Å². The lowest BCUT2D eigenvalue weighted by molar-refractivity contribution is 0.245. The fraction of sp³-hybridized carbons (Fsp3) is 0.818. The number of rotatable bonds is 5. The molecular formula is C11H22N2O2S. The molecule has 0 radical (unpaired) electrons. The molecule has 0 saturated heterocycles. The van der Waals surface area contributed by atoms with Crippen molar-refractivity contribution in [3.05, 3.63) is 12.0 Å². The van der Waals surface area contributed by atoms with Gasteiger partial charge in [0.05, 0.1) is 0 Å². The first kappa shape index (κ1) is 13.7. The third-order valence-corrected chi connectivity index (χ3v) is 4.12. The highest BCUT2D eigenvalue weighted by Gasteiger charge is 2.23. The Morgan fingerprint density at radius 2 is 1.88 bits per heavy atom. The second kappa shape index (κ2) is 5.80. The molecule has 0 aliphatic heterocycles. The Morgan fingerprint density at radius 1 is 1.31 bits per heavy atom. The second-order valence-corrected chi connectivity index (χ2v) is 6.47. The zero-order valence-corrected chi connectivity index (χ0v) is 11.0. The Morgan fingerprint density at radius 3 is 2.31 bits per heavy atom. The van der Waals surface area contributed by atoms with Gasteiger partial charge in [-0.25, -0.2) is 13.1 Å². The van der Waals surface area contributed by atoms with Crippen molar-refractivity contribution >= 4 is 10.0 Å². The molecule has 0 aromatic carbocycles. The molecule has 4 nitrogen and oxygen atoms in total. The molecule has 0 spiro atoms. The van der Waals surface area contributed by atoms with Crippen LogP contribution in [0.3, 0.4) is 0 Å². The van der Waals surface area contributed by atoms with Crippen molar-refractivity contribution in [1.82, 2.24) is 9.62 Å². The highest BCUT2D eigenvalue weighted by molar-refractivity contribution is 7.92. The summed E-state index contributed by atoms with van der Waals surface area (Å²) in [6.07, 6.45) is 4.07. The fourth-order valence-electron chi connectivity index (χ4n) is 2.26. The van der Waals surface area contributed by atoms with E-state index in [4.69, 9.17) is 0 Å². The molecule has 1 rings (SSSR count). The van der Waals surface area contributed by atoms with E-state index in [0.29, 0.717) is 5.92 Å². The number of nitrogens with one attached hydrogen (secondary N) is 1. The predicted molar refractivity (Wildman–Crippen MR) is 66.6 cm³/mol. The van der Waals surface area contributed by atoms with Gasteiger partial charge in [0.1, 0.15) is 0 Å². The third-order valence-electron chi connectivity index (χ3n) is 3.02. The second-order valence-electron chi connectivity index (χ2n) is 4.81. The Kier molecular flexibility index (Phi) is 4.95. The molecule has 0 atom stereocenters. The molecule has 1 aliphatic rings. The van der Waals surface area contributed by atoms with Crippen LogP contribution in [0.4, 0.5) is 0 Å². The maximum absolute atomic E-state index is 11.3. The van der Waals surface area contributed by atoms with Gasteiger partial charge in [0, 0.05) is 18.0 Å². The maximum Gasteiger partial charge on any atom is 0.233 e. The van der Waals surface area contributed by atoms with Gasteiger partial charge in [-0.15, -0.1) is 0 Å². The van der Waals surface area contributed by atoms with Crippen LogP contribution < -0.4 is 4.72 Å². The average Bonchev–Trinajstić information content (AvgIpc) is 2.20. The van der Waals surface area contributed by atoms with E-state index in [-0.39, 0.29) is 6.04 Å². The molecule has 16 heavy (non-hydrogen) atoms. The summed E-state index contributed by atoms with van der Waals surface area (Å²) in [5.74, 6) is 0.708. The first-order valence-corrected chi connectivity index (χ1v) is 7.27. The van der Waals surface area contributed by atoms with Crippen molar-refractivity contribution in [1.29, 1.82) is 0 Å².